The van der Waals surface area contributed by atoms with Crippen LogP contribution in [0.1, 0.15) is 33.6 Å². The molecule has 0 atom stereocenters. The van der Waals surface area contributed by atoms with E-state index in [4.69, 9.17) is 0 Å². The number of allylic oxidation sites excluding steroid dienone is 1. The van der Waals surface area contributed by atoms with Gasteiger partial charge >= 0.3 is 0 Å². The third-order valence-electron chi connectivity index (χ3n) is 3.74. The van der Waals surface area contributed by atoms with Crippen molar-refractivity contribution in [3.63, 3.8) is 0 Å². The highest BCUT2D eigenvalue weighted by molar-refractivity contribution is 7.97. The van der Waals surface area contributed by atoms with E-state index in [1.807, 2.05) is 11.9 Å². The van der Waals surface area contributed by atoms with E-state index in [2.05, 4.69) is 36.6 Å². The summed E-state index contributed by atoms with van der Waals surface area (Å²) in [5.74, 6) is 0. The molecule has 0 N–H and O–H groups in total. The van der Waals surface area contributed by atoms with Crippen LogP contribution in [0.15, 0.2) is 12.3 Å². The molecular formula is C13H24N2S. The van der Waals surface area contributed by atoms with Crippen LogP contribution in [0.4, 0.5) is 0 Å². The third-order valence-corrected chi connectivity index (χ3v) is 4.82. The Morgan fingerprint density at radius 1 is 1.25 bits per heavy atom. The molecule has 0 aromatic rings. The monoisotopic (exact) mass is 240 g/mol. The third kappa shape index (κ3) is 2.57. The first kappa shape index (κ1) is 12.3. The van der Waals surface area contributed by atoms with Crippen LogP contribution in [0.2, 0.25) is 0 Å². The molecule has 2 heterocycles. The summed E-state index contributed by atoms with van der Waals surface area (Å²) in [6.45, 7) is 15.7. The Morgan fingerprint density at radius 3 is 2.25 bits per heavy atom. The average Bonchev–Trinajstić information content (AvgIpc) is 2.14. The SMILES string of the molecule is C=C(C)N1CC2(CCN(SC(C)C)CC2)C1. The van der Waals surface area contributed by atoms with Crippen LogP contribution in [0.25, 0.3) is 0 Å². The lowest BCUT2D eigenvalue weighted by atomic mass is 9.72. The summed E-state index contributed by atoms with van der Waals surface area (Å²) in [7, 11) is 0. The summed E-state index contributed by atoms with van der Waals surface area (Å²) < 4.78 is 2.55. The number of hydrogen-bond donors (Lipinski definition) is 0. The topological polar surface area (TPSA) is 6.48 Å². The van der Waals surface area contributed by atoms with E-state index in [0.29, 0.717) is 5.41 Å². The molecule has 1 spiro atoms. The van der Waals surface area contributed by atoms with Crippen LogP contribution >= 0.6 is 11.9 Å². The molecule has 0 aromatic carbocycles. The molecule has 3 heteroatoms. The maximum Gasteiger partial charge on any atom is 0.0249 e. The summed E-state index contributed by atoms with van der Waals surface area (Å²) >= 11 is 2.02. The van der Waals surface area contributed by atoms with Gasteiger partial charge in [0.25, 0.3) is 0 Å². The van der Waals surface area contributed by atoms with Crippen LogP contribution < -0.4 is 0 Å². The quantitative estimate of drug-likeness (QED) is 0.700. The van der Waals surface area contributed by atoms with Crippen molar-refractivity contribution in [2.75, 3.05) is 26.2 Å². The Balaban J connectivity index is 1.76. The van der Waals surface area contributed by atoms with Gasteiger partial charge in [-0.1, -0.05) is 32.4 Å². The van der Waals surface area contributed by atoms with E-state index in [1.165, 1.54) is 44.7 Å². The van der Waals surface area contributed by atoms with Crippen molar-refractivity contribution in [1.82, 2.24) is 9.21 Å². The number of likely N-dealkylation sites (tertiary alicyclic amines) is 1. The van der Waals surface area contributed by atoms with Gasteiger partial charge in [-0.2, -0.15) is 0 Å². The second kappa shape index (κ2) is 4.61. The van der Waals surface area contributed by atoms with Crippen LogP contribution in [0, 0.1) is 5.41 Å². The van der Waals surface area contributed by atoms with Gasteiger partial charge in [0.1, 0.15) is 0 Å². The lowest BCUT2D eigenvalue weighted by Gasteiger charge is -2.55. The molecule has 0 bridgehead atoms. The van der Waals surface area contributed by atoms with Crippen molar-refractivity contribution in [1.29, 1.82) is 0 Å². The Kier molecular flexibility index (Phi) is 3.55. The summed E-state index contributed by atoms with van der Waals surface area (Å²) in [6.07, 6.45) is 2.74. The summed E-state index contributed by atoms with van der Waals surface area (Å²) in [6, 6.07) is 0. The average molecular weight is 240 g/mol. The predicted octanol–water partition coefficient (Wildman–Crippen LogP) is 2.97. The fourth-order valence-electron chi connectivity index (χ4n) is 2.71. The smallest absolute Gasteiger partial charge is 0.0249 e. The molecule has 2 saturated heterocycles. The minimum atomic E-state index is 0.632. The number of nitrogens with zero attached hydrogens (tertiary/aromatic N) is 2. The second-order valence-corrected chi connectivity index (χ2v) is 7.34. The van der Waals surface area contributed by atoms with Crippen LogP contribution in [-0.2, 0) is 0 Å². The van der Waals surface area contributed by atoms with Crippen molar-refractivity contribution in [3.05, 3.63) is 12.3 Å². The van der Waals surface area contributed by atoms with E-state index in [1.54, 1.807) is 0 Å². The van der Waals surface area contributed by atoms with Gasteiger partial charge in [-0.15, -0.1) is 0 Å². The minimum absolute atomic E-state index is 0.632. The maximum atomic E-state index is 4.02. The van der Waals surface area contributed by atoms with Crippen LogP contribution in [0.5, 0.6) is 0 Å². The number of rotatable bonds is 3. The first-order valence-electron chi connectivity index (χ1n) is 6.33. The first-order valence-corrected chi connectivity index (χ1v) is 7.17. The Labute approximate surface area is 104 Å². The van der Waals surface area contributed by atoms with Crippen molar-refractivity contribution < 1.29 is 0 Å². The van der Waals surface area contributed by atoms with Crippen LogP contribution in [0.3, 0.4) is 0 Å². The zero-order chi connectivity index (χ0) is 11.8. The van der Waals surface area contributed by atoms with Crippen molar-refractivity contribution in [3.8, 4) is 0 Å². The summed E-state index contributed by atoms with van der Waals surface area (Å²) in [5, 5.41) is 0.724. The largest absolute Gasteiger partial charge is 0.374 e. The van der Waals surface area contributed by atoms with Crippen molar-refractivity contribution in [2.24, 2.45) is 5.41 Å². The number of piperidine rings is 1. The Bertz CT molecular complexity index is 259. The van der Waals surface area contributed by atoms with Gasteiger partial charge in [0.05, 0.1) is 0 Å². The van der Waals surface area contributed by atoms with Gasteiger partial charge in [0, 0.05) is 42.5 Å². The molecule has 0 unspecified atom stereocenters. The van der Waals surface area contributed by atoms with Crippen molar-refractivity contribution >= 4 is 11.9 Å². The van der Waals surface area contributed by atoms with E-state index in [9.17, 15) is 0 Å². The highest BCUT2D eigenvalue weighted by Crippen LogP contribution is 2.43. The second-order valence-electron chi connectivity index (χ2n) is 5.67. The first-order chi connectivity index (χ1) is 7.51. The minimum Gasteiger partial charge on any atom is -0.374 e. The van der Waals surface area contributed by atoms with E-state index in [-0.39, 0.29) is 0 Å². The van der Waals surface area contributed by atoms with Gasteiger partial charge in [-0.25, -0.2) is 0 Å². The molecule has 2 nitrogen and oxygen atoms in total. The molecule has 16 heavy (non-hydrogen) atoms. The van der Waals surface area contributed by atoms with Crippen molar-refractivity contribution in [2.45, 2.75) is 38.9 Å². The lowest BCUT2D eigenvalue weighted by Crippen LogP contribution is -2.58. The van der Waals surface area contributed by atoms with Gasteiger partial charge in [-0.3, -0.25) is 4.31 Å². The fraction of sp³-hybridized carbons (Fsp3) is 0.846. The fourth-order valence-corrected chi connectivity index (χ4v) is 3.70. The van der Waals surface area contributed by atoms with Gasteiger partial charge in [0.15, 0.2) is 0 Å². The molecule has 2 aliphatic heterocycles. The standard InChI is InChI=1S/C13H24N2S/c1-11(2)14-9-13(10-14)5-7-15(8-6-13)16-12(3)4/h12H,1,5-10H2,2-4H3. The molecular weight excluding hydrogens is 216 g/mol. The highest BCUT2D eigenvalue weighted by atomic mass is 32.2. The predicted molar refractivity (Wildman–Crippen MR) is 72.4 cm³/mol. The molecule has 92 valence electrons. The van der Waals surface area contributed by atoms with Crippen LogP contribution in [-0.4, -0.2) is 40.6 Å². The molecule has 0 saturated carbocycles. The molecule has 0 radical (unpaired) electrons. The zero-order valence-corrected chi connectivity index (χ0v) is 11.6. The number of hydrogen-bond acceptors (Lipinski definition) is 3. The van der Waals surface area contributed by atoms with E-state index >= 15 is 0 Å². The molecule has 0 amide bonds. The molecule has 2 aliphatic rings. The zero-order valence-electron chi connectivity index (χ0n) is 10.8. The van der Waals surface area contributed by atoms with Gasteiger partial charge < -0.3 is 4.90 Å². The van der Waals surface area contributed by atoms with Gasteiger partial charge in [-0.05, 0) is 19.8 Å². The van der Waals surface area contributed by atoms with E-state index < -0.39 is 0 Å². The molecule has 0 aromatic heterocycles. The summed E-state index contributed by atoms with van der Waals surface area (Å²) in [5.41, 5.74) is 1.87. The van der Waals surface area contributed by atoms with Gasteiger partial charge in [0.2, 0.25) is 0 Å². The summed E-state index contributed by atoms with van der Waals surface area (Å²) in [4.78, 5) is 2.42. The normalized spacial score (nSPS) is 24.9. The Morgan fingerprint density at radius 2 is 1.81 bits per heavy atom. The van der Waals surface area contributed by atoms with E-state index in [0.717, 1.165) is 5.25 Å². The lowest BCUT2D eigenvalue weighted by molar-refractivity contribution is -0.00990. The maximum absolute atomic E-state index is 4.02. The Hall–Kier alpha value is -0.150. The highest BCUT2D eigenvalue weighted by Gasteiger charge is 2.44. The molecule has 2 fully saturated rings. The molecule has 0 aliphatic carbocycles. The molecule has 2 rings (SSSR count).